The van der Waals surface area contributed by atoms with E-state index in [4.69, 9.17) is 11.8 Å². The van der Waals surface area contributed by atoms with Gasteiger partial charge in [-0.25, -0.2) is 0 Å². The predicted molar refractivity (Wildman–Crippen MR) is 4.97 cm³/mol. The van der Waals surface area contributed by atoms with E-state index in [1.807, 2.05) is 0 Å². The van der Waals surface area contributed by atoms with Gasteiger partial charge >= 0.3 is 51.4 Å². The summed E-state index contributed by atoms with van der Waals surface area (Å²) in [5.74, 6) is 0. The van der Waals surface area contributed by atoms with E-state index in [0.29, 0.717) is 0 Å². The molecule has 3 heteroatoms. The summed E-state index contributed by atoms with van der Waals surface area (Å²) in [4.78, 5) is 0. The van der Waals surface area contributed by atoms with Crippen molar-refractivity contribution in [2.45, 2.75) is 0 Å². The second-order valence-electron chi connectivity index (χ2n) is 0. The first-order valence-electron chi connectivity index (χ1n) is 0.224. The van der Waals surface area contributed by atoms with E-state index >= 15 is 0 Å². The van der Waals surface area contributed by atoms with E-state index in [-0.39, 0.29) is 68.2 Å². The third kappa shape index (κ3) is 9.45. The fourth-order valence-electron chi connectivity index (χ4n) is 0. The zero-order valence-electron chi connectivity index (χ0n) is 2.28. The maximum absolute atomic E-state index is 6.25. The van der Waals surface area contributed by atoms with E-state index in [9.17, 15) is 0 Å². The Bertz CT molecular complexity index is 12.8. The van der Waals surface area contributed by atoms with E-state index < -0.39 is 0 Å². The van der Waals surface area contributed by atoms with Gasteiger partial charge in [0.15, 0.2) is 0 Å². The maximum Gasteiger partial charge on any atom is 1.00 e. The van der Waals surface area contributed by atoms with Crippen LogP contribution in [0.5, 0.6) is 0 Å². The Labute approximate surface area is 78.4 Å². The molecule has 1 nitrogen and oxygen atoms in total. The number of hydrogen-bond donors (Lipinski definition) is 0. The molecule has 0 rings (SSSR count). The summed E-state index contributed by atoms with van der Waals surface area (Å²) in [5, 5.41) is 6.25. The first-order valence-corrected chi connectivity index (χ1v) is 0.224. The summed E-state index contributed by atoms with van der Waals surface area (Å²) in [6.07, 6.45) is 0. The SMILES string of the molecule is [C-]#N.[Co].[K+]. The van der Waals surface area contributed by atoms with Crippen molar-refractivity contribution >= 4 is 0 Å². The third-order valence-electron chi connectivity index (χ3n) is 0. The molecule has 0 heterocycles. The van der Waals surface area contributed by atoms with Gasteiger partial charge in [0.1, 0.15) is 0 Å². The van der Waals surface area contributed by atoms with Gasteiger partial charge in [0.2, 0.25) is 0 Å². The zero-order valence-corrected chi connectivity index (χ0v) is 6.44. The quantitative estimate of drug-likeness (QED) is 0.251. The summed E-state index contributed by atoms with van der Waals surface area (Å²) in [7, 11) is 0. The molecule has 0 N–H and O–H groups in total. The molecule has 0 atom stereocenters. The van der Waals surface area contributed by atoms with Crippen LogP contribution in [0.4, 0.5) is 0 Å². The van der Waals surface area contributed by atoms with Crippen LogP contribution in [0.3, 0.4) is 0 Å². The molecule has 1 radical (unpaired) electrons. The molecule has 0 aliphatic rings. The van der Waals surface area contributed by atoms with Crippen LogP contribution >= 0.6 is 0 Å². The first kappa shape index (κ1) is 17.4. The Hall–Kier alpha value is 1.63. The molecule has 0 fully saturated rings. The summed E-state index contributed by atoms with van der Waals surface area (Å²) >= 11 is 0. The number of nitrogens with zero attached hydrogens (tertiary/aromatic N) is 1. The molecule has 4 heavy (non-hydrogen) atoms. The second-order valence-corrected chi connectivity index (χ2v) is 0. The van der Waals surface area contributed by atoms with Crippen LogP contribution < -0.4 is 51.4 Å². The Morgan fingerprint density at radius 2 is 1.25 bits per heavy atom. The van der Waals surface area contributed by atoms with E-state index in [1.54, 1.807) is 0 Å². The normalized spacial score (nSPS) is 0.500. The van der Waals surface area contributed by atoms with Gasteiger partial charge in [0.05, 0.1) is 0 Å². The monoisotopic (exact) mass is 124 g/mol. The molecule has 0 spiro atoms. The molecule has 0 saturated heterocycles. The minimum atomic E-state index is 0. The minimum Gasteiger partial charge on any atom is -0.512 e. The van der Waals surface area contributed by atoms with Crippen LogP contribution in [-0.2, 0) is 16.8 Å². The van der Waals surface area contributed by atoms with Gasteiger partial charge in [0, 0.05) is 16.8 Å². The van der Waals surface area contributed by atoms with Gasteiger partial charge in [-0.15, -0.1) is 0 Å². The Kier molecular flexibility index (Phi) is 100.0. The van der Waals surface area contributed by atoms with Crippen molar-refractivity contribution in [2.24, 2.45) is 0 Å². The molecule has 0 aliphatic heterocycles. The molecule has 0 amide bonds. The summed E-state index contributed by atoms with van der Waals surface area (Å²) in [6.45, 7) is 4.75. The van der Waals surface area contributed by atoms with Crippen LogP contribution in [0.1, 0.15) is 0 Å². The van der Waals surface area contributed by atoms with Crippen molar-refractivity contribution in [1.29, 1.82) is 5.26 Å². The third-order valence-corrected chi connectivity index (χ3v) is 0. The Balaban J connectivity index is -0.00000000500. The Morgan fingerprint density at radius 1 is 1.25 bits per heavy atom. The maximum atomic E-state index is 6.25. The largest absolute Gasteiger partial charge is 1.00 e. The molecule has 0 aromatic carbocycles. The minimum absolute atomic E-state index is 0. The zero-order chi connectivity index (χ0) is 2.00. The fourth-order valence-corrected chi connectivity index (χ4v) is 0. The summed E-state index contributed by atoms with van der Waals surface area (Å²) in [5.41, 5.74) is 0. The molecule has 0 unspecified atom stereocenters. The first-order chi connectivity index (χ1) is 1.00. The molecule has 19 valence electrons. The van der Waals surface area contributed by atoms with E-state index in [2.05, 4.69) is 0 Å². The van der Waals surface area contributed by atoms with Gasteiger partial charge in [-0.1, -0.05) is 0 Å². The standard InChI is InChI=1S/CN.Co.K/c1-2;;/q-1;;+1. The van der Waals surface area contributed by atoms with Crippen molar-refractivity contribution in [3.8, 4) is 0 Å². The molecular weight excluding hydrogens is 124 g/mol. The molecule has 0 saturated carbocycles. The van der Waals surface area contributed by atoms with Crippen molar-refractivity contribution in [2.75, 3.05) is 0 Å². The van der Waals surface area contributed by atoms with Crippen LogP contribution in [0.15, 0.2) is 0 Å². The topological polar surface area (TPSA) is 23.8 Å². The van der Waals surface area contributed by atoms with Crippen molar-refractivity contribution in [3.63, 3.8) is 0 Å². The van der Waals surface area contributed by atoms with Gasteiger partial charge < -0.3 is 11.8 Å². The van der Waals surface area contributed by atoms with Gasteiger partial charge in [0.25, 0.3) is 0 Å². The molecule has 0 aliphatic carbocycles. The molecule has 0 aromatic heterocycles. The van der Waals surface area contributed by atoms with Crippen LogP contribution in [0.2, 0.25) is 0 Å². The fraction of sp³-hybridized carbons (Fsp3) is 0. The number of hydrogen-bond acceptors (Lipinski definition) is 1. The predicted octanol–water partition coefficient (Wildman–Crippen LogP) is -2.90. The van der Waals surface area contributed by atoms with Gasteiger partial charge in [-0.2, -0.15) is 0 Å². The molecule has 0 aromatic rings. The van der Waals surface area contributed by atoms with Crippen LogP contribution in [-0.4, -0.2) is 0 Å². The van der Waals surface area contributed by atoms with E-state index in [1.165, 1.54) is 0 Å². The van der Waals surface area contributed by atoms with Crippen LogP contribution in [0.25, 0.3) is 0 Å². The molecule has 0 bridgehead atoms. The molecular formula is CCoKN. The van der Waals surface area contributed by atoms with Gasteiger partial charge in [-0.05, 0) is 0 Å². The Morgan fingerprint density at radius 3 is 1.25 bits per heavy atom. The number of rotatable bonds is 0. The van der Waals surface area contributed by atoms with Crippen molar-refractivity contribution in [3.05, 3.63) is 6.57 Å². The summed E-state index contributed by atoms with van der Waals surface area (Å²) in [6, 6.07) is 0. The average molecular weight is 124 g/mol. The van der Waals surface area contributed by atoms with Crippen LogP contribution in [0, 0.1) is 11.8 Å². The summed E-state index contributed by atoms with van der Waals surface area (Å²) < 4.78 is 0. The van der Waals surface area contributed by atoms with E-state index in [0.717, 1.165) is 0 Å². The average Bonchev–Trinajstić information content (AvgIpc) is 1.00. The van der Waals surface area contributed by atoms with Gasteiger partial charge in [-0.3, -0.25) is 0 Å². The second kappa shape index (κ2) is 22.9. The smallest absolute Gasteiger partial charge is 0.512 e. The van der Waals surface area contributed by atoms with Crippen molar-refractivity contribution < 1.29 is 68.2 Å². The van der Waals surface area contributed by atoms with Crippen molar-refractivity contribution in [1.82, 2.24) is 0 Å².